The molecule has 1 aromatic carbocycles. The van der Waals surface area contributed by atoms with Gasteiger partial charge in [0.1, 0.15) is 0 Å². The van der Waals surface area contributed by atoms with Crippen LogP contribution in [-0.4, -0.2) is 47.7 Å². The smallest absolute Gasteiger partial charge is 0.243 e. The first-order valence-corrected chi connectivity index (χ1v) is 9.60. The first-order chi connectivity index (χ1) is 12.6. The summed E-state index contributed by atoms with van der Waals surface area (Å²) in [7, 11) is 0. The average molecular weight is 356 g/mol. The van der Waals surface area contributed by atoms with Gasteiger partial charge in [0.15, 0.2) is 0 Å². The molecule has 1 atom stereocenters. The molecule has 1 unspecified atom stereocenters. The summed E-state index contributed by atoms with van der Waals surface area (Å²) in [6.07, 6.45) is 5.71. The van der Waals surface area contributed by atoms with Crippen molar-refractivity contribution in [1.29, 1.82) is 0 Å². The standard InChI is InChI=1S/C20H28N4O2/c1-15(20(26)22-17-9-5-6-10-17)21-13-14-24-19(25)12-11-18(23-24)16-7-3-2-4-8-16/h2-4,7-8,15,17,21H,5-6,9-14H2,1H3,(H,22,26). The zero-order valence-corrected chi connectivity index (χ0v) is 15.4. The van der Waals surface area contributed by atoms with Gasteiger partial charge in [0.05, 0.1) is 18.3 Å². The molecule has 0 radical (unpaired) electrons. The Kier molecular flexibility index (Phi) is 6.39. The van der Waals surface area contributed by atoms with Crippen molar-refractivity contribution in [3.8, 4) is 0 Å². The van der Waals surface area contributed by atoms with Crippen molar-refractivity contribution in [2.24, 2.45) is 5.10 Å². The lowest BCUT2D eigenvalue weighted by Gasteiger charge is -2.25. The maximum absolute atomic E-state index is 12.2. The van der Waals surface area contributed by atoms with E-state index in [2.05, 4.69) is 15.7 Å². The van der Waals surface area contributed by atoms with Gasteiger partial charge < -0.3 is 10.6 Å². The second-order valence-electron chi connectivity index (χ2n) is 7.10. The van der Waals surface area contributed by atoms with Crippen LogP contribution in [0.1, 0.15) is 51.0 Å². The fourth-order valence-corrected chi connectivity index (χ4v) is 3.49. The van der Waals surface area contributed by atoms with Crippen LogP contribution < -0.4 is 10.6 Å². The molecular weight excluding hydrogens is 328 g/mol. The number of hydrazone groups is 1. The molecule has 1 aliphatic heterocycles. The molecule has 3 rings (SSSR count). The molecule has 6 nitrogen and oxygen atoms in total. The Morgan fingerprint density at radius 1 is 1.23 bits per heavy atom. The van der Waals surface area contributed by atoms with Gasteiger partial charge in [-0.2, -0.15) is 5.10 Å². The molecule has 2 aliphatic rings. The number of amides is 2. The molecular formula is C20H28N4O2. The van der Waals surface area contributed by atoms with E-state index in [1.807, 2.05) is 37.3 Å². The van der Waals surface area contributed by atoms with Gasteiger partial charge in [0.25, 0.3) is 0 Å². The van der Waals surface area contributed by atoms with E-state index in [4.69, 9.17) is 0 Å². The van der Waals surface area contributed by atoms with Crippen LogP contribution in [0.4, 0.5) is 0 Å². The lowest BCUT2D eigenvalue weighted by atomic mass is 10.0. The molecule has 0 aromatic heterocycles. The third-order valence-electron chi connectivity index (χ3n) is 5.08. The highest BCUT2D eigenvalue weighted by Gasteiger charge is 2.23. The Bertz CT molecular complexity index is 653. The van der Waals surface area contributed by atoms with Gasteiger partial charge >= 0.3 is 0 Å². The van der Waals surface area contributed by atoms with Crippen LogP contribution in [0, 0.1) is 0 Å². The van der Waals surface area contributed by atoms with Gasteiger partial charge in [0.2, 0.25) is 11.8 Å². The third kappa shape index (κ3) is 4.91. The number of hydrogen-bond acceptors (Lipinski definition) is 4. The third-order valence-corrected chi connectivity index (χ3v) is 5.08. The van der Waals surface area contributed by atoms with Crippen molar-refractivity contribution < 1.29 is 9.59 Å². The van der Waals surface area contributed by atoms with E-state index in [1.165, 1.54) is 17.9 Å². The Balaban J connectivity index is 1.48. The first kappa shape index (κ1) is 18.6. The fraction of sp³-hybridized carbons (Fsp3) is 0.550. The minimum absolute atomic E-state index is 0.0366. The molecule has 1 heterocycles. The number of hydrogen-bond donors (Lipinski definition) is 2. The number of nitrogens with zero attached hydrogens (tertiary/aromatic N) is 2. The number of nitrogens with one attached hydrogen (secondary N) is 2. The molecule has 0 saturated heterocycles. The fourth-order valence-electron chi connectivity index (χ4n) is 3.49. The number of carbonyl (C=O) groups is 2. The van der Waals surface area contributed by atoms with Gasteiger partial charge in [-0.15, -0.1) is 0 Å². The normalized spacial score (nSPS) is 19.3. The van der Waals surface area contributed by atoms with Crippen molar-refractivity contribution in [1.82, 2.24) is 15.6 Å². The van der Waals surface area contributed by atoms with Crippen LogP contribution in [0.3, 0.4) is 0 Å². The number of carbonyl (C=O) groups excluding carboxylic acids is 2. The summed E-state index contributed by atoms with van der Waals surface area (Å²) in [6.45, 7) is 2.87. The van der Waals surface area contributed by atoms with E-state index in [1.54, 1.807) is 0 Å². The monoisotopic (exact) mass is 356 g/mol. The Labute approximate surface area is 155 Å². The second-order valence-corrected chi connectivity index (χ2v) is 7.10. The first-order valence-electron chi connectivity index (χ1n) is 9.60. The van der Waals surface area contributed by atoms with E-state index < -0.39 is 0 Å². The molecule has 1 saturated carbocycles. The van der Waals surface area contributed by atoms with Gasteiger partial charge in [-0.05, 0) is 25.3 Å². The van der Waals surface area contributed by atoms with Gasteiger partial charge in [-0.25, -0.2) is 5.01 Å². The highest BCUT2D eigenvalue weighted by molar-refractivity contribution is 6.04. The predicted molar refractivity (Wildman–Crippen MR) is 102 cm³/mol. The van der Waals surface area contributed by atoms with Crippen molar-refractivity contribution in [3.63, 3.8) is 0 Å². The molecule has 2 amide bonds. The van der Waals surface area contributed by atoms with Gasteiger partial charge in [-0.1, -0.05) is 43.2 Å². The van der Waals surface area contributed by atoms with Crippen molar-refractivity contribution >= 4 is 17.5 Å². The van der Waals surface area contributed by atoms with Crippen molar-refractivity contribution in [3.05, 3.63) is 35.9 Å². The van der Waals surface area contributed by atoms with Crippen molar-refractivity contribution in [2.45, 2.75) is 57.5 Å². The molecule has 6 heteroatoms. The summed E-state index contributed by atoms with van der Waals surface area (Å²) < 4.78 is 0. The molecule has 140 valence electrons. The molecule has 26 heavy (non-hydrogen) atoms. The molecule has 1 aromatic rings. The van der Waals surface area contributed by atoms with Crippen LogP contribution >= 0.6 is 0 Å². The molecule has 0 bridgehead atoms. The lowest BCUT2D eigenvalue weighted by molar-refractivity contribution is -0.131. The maximum atomic E-state index is 12.2. The summed E-state index contributed by atoms with van der Waals surface area (Å²) in [4.78, 5) is 24.3. The summed E-state index contributed by atoms with van der Waals surface area (Å²) in [5.41, 5.74) is 2.00. The highest BCUT2D eigenvalue weighted by Crippen LogP contribution is 2.17. The quantitative estimate of drug-likeness (QED) is 0.785. The average Bonchev–Trinajstić information content (AvgIpc) is 3.17. The minimum atomic E-state index is -0.270. The zero-order valence-electron chi connectivity index (χ0n) is 15.4. The second kappa shape index (κ2) is 8.94. The lowest BCUT2D eigenvalue weighted by Crippen LogP contribution is -2.47. The number of benzene rings is 1. The van der Waals surface area contributed by atoms with Crippen molar-refractivity contribution in [2.75, 3.05) is 13.1 Å². The predicted octanol–water partition coefficient (Wildman–Crippen LogP) is 2.05. The van der Waals surface area contributed by atoms with E-state index in [0.717, 1.165) is 24.1 Å². The molecule has 1 aliphatic carbocycles. The Morgan fingerprint density at radius 2 is 1.96 bits per heavy atom. The van der Waals surface area contributed by atoms with E-state index in [9.17, 15) is 9.59 Å². The summed E-state index contributed by atoms with van der Waals surface area (Å²) in [5, 5.41) is 12.3. The minimum Gasteiger partial charge on any atom is -0.352 e. The van der Waals surface area contributed by atoms with Gasteiger partial charge in [-0.3, -0.25) is 9.59 Å². The zero-order chi connectivity index (χ0) is 18.4. The van der Waals surface area contributed by atoms with Crippen LogP contribution in [0.15, 0.2) is 35.4 Å². The molecule has 1 fully saturated rings. The van der Waals surface area contributed by atoms with Gasteiger partial charge in [0, 0.05) is 25.4 Å². The number of rotatable bonds is 7. The Morgan fingerprint density at radius 3 is 2.69 bits per heavy atom. The van der Waals surface area contributed by atoms with Crippen LogP contribution in [0.25, 0.3) is 0 Å². The Hall–Kier alpha value is -2.21. The largest absolute Gasteiger partial charge is 0.352 e. The molecule has 0 spiro atoms. The summed E-state index contributed by atoms with van der Waals surface area (Å²) in [5.74, 6) is 0.0740. The van der Waals surface area contributed by atoms with E-state index >= 15 is 0 Å². The van der Waals surface area contributed by atoms with Crippen LogP contribution in [0.5, 0.6) is 0 Å². The maximum Gasteiger partial charge on any atom is 0.243 e. The van der Waals surface area contributed by atoms with Crippen LogP contribution in [-0.2, 0) is 9.59 Å². The summed E-state index contributed by atoms with van der Waals surface area (Å²) >= 11 is 0. The highest BCUT2D eigenvalue weighted by atomic mass is 16.2. The summed E-state index contributed by atoms with van der Waals surface area (Å²) in [6, 6.07) is 10.0. The van der Waals surface area contributed by atoms with E-state index in [-0.39, 0.29) is 17.9 Å². The molecule has 2 N–H and O–H groups in total. The van der Waals surface area contributed by atoms with Crippen LogP contribution in [0.2, 0.25) is 0 Å². The topological polar surface area (TPSA) is 73.8 Å². The SMILES string of the molecule is CC(NCCN1N=C(c2ccccc2)CCC1=O)C(=O)NC1CCCC1. The van der Waals surface area contributed by atoms with E-state index in [0.29, 0.717) is 32.0 Å².